The third kappa shape index (κ3) is 1.94. The number of hydrogen-bond acceptors (Lipinski definition) is 2. The predicted molar refractivity (Wildman–Crippen MR) is 62.6 cm³/mol. The molecule has 0 amide bonds. The van der Waals surface area contributed by atoms with Crippen molar-refractivity contribution >= 4 is 22.5 Å². The summed E-state index contributed by atoms with van der Waals surface area (Å²) in [5.41, 5.74) is 7.64. The van der Waals surface area contributed by atoms with Crippen LogP contribution in [-0.4, -0.2) is 18.6 Å². The number of fused-ring (bicyclic) bond motifs is 1. The fourth-order valence-corrected chi connectivity index (χ4v) is 1.88. The smallest absolute Gasteiger partial charge is 0.138 e. The minimum absolute atomic E-state index is 0.617. The predicted octanol–water partition coefficient (Wildman–Crippen LogP) is 2.33. The topological polar surface area (TPSA) is 51.0 Å². The van der Waals surface area contributed by atoms with Crippen LogP contribution in [-0.2, 0) is 6.42 Å². The normalized spacial score (nSPS) is 10.9. The fraction of sp³-hybridized carbons (Fsp3) is 0.273. The molecule has 0 saturated carbocycles. The molecule has 0 unspecified atom stereocenters. The van der Waals surface area contributed by atoms with Crippen LogP contribution in [0.4, 0.5) is 0 Å². The molecule has 0 radical (unpaired) electrons. The molecule has 0 aliphatic heterocycles. The lowest BCUT2D eigenvalue weighted by atomic mass is 10.2. The van der Waals surface area contributed by atoms with E-state index in [9.17, 15) is 0 Å². The summed E-state index contributed by atoms with van der Waals surface area (Å²) in [4.78, 5) is 3.27. The van der Waals surface area contributed by atoms with Crippen molar-refractivity contribution in [2.45, 2.75) is 6.42 Å². The third-order valence-corrected chi connectivity index (χ3v) is 2.66. The molecule has 2 rings (SSSR count). The summed E-state index contributed by atoms with van der Waals surface area (Å²) in [5, 5.41) is 1.71. The zero-order valence-electron chi connectivity index (χ0n) is 8.51. The Morgan fingerprint density at radius 2 is 2.20 bits per heavy atom. The summed E-state index contributed by atoms with van der Waals surface area (Å²) in [6.07, 6.45) is 0.842. The highest BCUT2D eigenvalue weighted by atomic mass is 35.5. The van der Waals surface area contributed by atoms with Gasteiger partial charge in [-0.3, -0.25) is 0 Å². The van der Waals surface area contributed by atoms with Gasteiger partial charge in [0.25, 0.3) is 0 Å². The number of halogens is 1. The zero-order chi connectivity index (χ0) is 10.8. The van der Waals surface area contributed by atoms with Gasteiger partial charge in [-0.15, -0.1) is 0 Å². The molecular weight excluding hydrogens is 212 g/mol. The lowest BCUT2D eigenvalue weighted by Gasteiger charge is -2.01. The first-order valence-corrected chi connectivity index (χ1v) is 5.17. The van der Waals surface area contributed by atoms with Gasteiger partial charge in [-0.25, -0.2) is 0 Å². The second kappa shape index (κ2) is 4.13. The van der Waals surface area contributed by atoms with Gasteiger partial charge in [0.1, 0.15) is 5.75 Å². The molecule has 0 atom stereocenters. The number of methoxy groups -OCH3 is 1. The van der Waals surface area contributed by atoms with Crippen molar-refractivity contribution in [1.82, 2.24) is 4.98 Å². The van der Waals surface area contributed by atoms with E-state index in [0.717, 1.165) is 23.0 Å². The van der Waals surface area contributed by atoms with Crippen molar-refractivity contribution in [3.05, 3.63) is 28.9 Å². The molecule has 15 heavy (non-hydrogen) atoms. The van der Waals surface area contributed by atoms with E-state index < -0.39 is 0 Å². The number of nitrogens with two attached hydrogens (primary N) is 1. The van der Waals surface area contributed by atoms with E-state index in [1.165, 1.54) is 0 Å². The average molecular weight is 225 g/mol. The molecular formula is C11H13ClN2O. The van der Waals surface area contributed by atoms with Gasteiger partial charge in [0.05, 0.1) is 12.1 Å². The number of rotatable bonds is 3. The number of aromatic nitrogens is 1. The lowest BCUT2D eigenvalue weighted by molar-refractivity contribution is 0.415. The Bertz CT molecular complexity index is 479. The quantitative estimate of drug-likeness (QED) is 0.841. The first-order chi connectivity index (χ1) is 7.24. The number of hydrogen-bond donors (Lipinski definition) is 2. The Kier molecular flexibility index (Phi) is 2.84. The van der Waals surface area contributed by atoms with Crippen molar-refractivity contribution in [3.63, 3.8) is 0 Å². The van der Waals surface area contributed by atoms with Gasteiger partial charge in [-0.2, -0.15) is 0 Å². The van der Waals surface area contributed by atoms with Crippen LogP contribution in [0.2, 0.25) is 5.02 Å². The molecule has 1 heterocycles. The molecule has 3 nitrogen and oxygen atoms in total. The van der Waals surface area contributed by atoms with Crippen LogP contribution in [0.15, 0.2) is 18.2 Å². The minimum atomic E-state index is 0.617. The highest BCUT2D eigenvalue weighted by Crippen LogP contribution is 2.30. The van der Waals surface area contributed by atoms with Crippen molar-refractivity contribution in [2.75, 3.05) is 13.7 Å². The maximum Gasteiger partial charge on any atom is 0.138 e. The molecule has 0 aliphatic carbocycles. The van der Waals surface area contributed by atoms with E-state index in [2.05, 4.69) is 11.1 Å². The van der Waals surface area contributed by atoms with Crippen molar-refractivity contribution < 1.29 is 4.74 Å². The van der Waals surface area contributed by atoms with Crippen LogP contribution in [0.1, 0.15) is 5.69 Å². The fourth-order valence-electron chi connectivity index (χ4n) is 1.64. The van der Waals surface area contributed by atoms with E-state index in [0.29, 0.717) is 17.3 Å². The molecule has 0 aliphatic rings. The molecule has 0 bridgehead atoms. The highest BCUT2D eigenvalue weighted by Gasteiger charge is 2.06. The van der Waals surface area contributed by atoms with E-state index in [-0.39, 0.29) is 0 Å². The second-order valence-corrected chi connectivity index (χ2v) is 3.81. The largest absolute Gasteiger partial charge is 0.495 e. The van der Waals surface area contributed by atoms with Gasteiger partial charge in [0.15, 0.2) is 0 Å². The van der Waals surface area contributed by atoms with Crippen LogP contribution >= 0.6 is 11.6 Å². The summed E-state index contributed by atoms with van der Waals surface area (Å²) in [7, 11) is 1.61. The summed E-state index contributed by atoms with van der Waals surface area (Å²) in [6, 6.07) is 5.87. The number of ether oxygens (including phenoxy) is 1. The number of aromatic amines is 1. The molecule has 1 aromatic heterocycles. The SMILES string of the molecule is COc1cc2cc(CCN)[nH]c2cc1Cl. The molecule has 80 valence electrons. The number of H-pyrrole nitrogens is 1. The maximum absolute atomic E-state index is 6.02. The van der Waals surface area contributed by atoms with E-state index in [1.807, 2.05) is 12.1 Å². The van der Waals surface area contributed by atoms with Gasteiger partial charge in [-0.05, 0) is 31.2 Å². The Balaban J connectivity index is 2.51. The van der Waals surface area contributed by atoms with Crippen LogP contribution < -0.4 is 10.5 Å². The second-order valence-electron chi connectivity index (χ2n) is 3.41. The van der Waals surface area contributed by atoms with E-state index in [4.69, 9.17) is 22.1 Å². The first-order valence-electron chi connectivity index (χ1n) is 4.80. The molecule has 0 fully saturated rings. The van der Waals surface area contributed by atoms with Crippen LogP contribution in [0.3, 0.4) is 0 Å². The van der Waals surface area contributed by atoms with Gasteiger partial charge >= 0.3 is 0 Å². The van der Waals surface area contributed by atoms with Crippen molar-refractivity contribution in [3.8, 4) is 5.75 Å². The van der Waals surface area contributed by atoms with E-state index >= 15 is 0 Å². The molecule has 2 aromatic rings. The van der Waals surface area contributed by atoms with Crippen molar-refractivity contribution in [1.29, 1.82) is 0 Å². The van der Waals surface area contributed by atoms with Crippen molar-refractivity contribution in [2.24, 2.45) is 5.73 Å². The molecule has 3 N–H and O–H groups in total. The first kappa shape index (κ1) is 10.3. The number of benzene rings is 1. The monoisotopic (exact) mass is 224 g/mol. The molecule has 0 saturated heterocycles. The summed E-state index contributed by atoms with van der Waals surface area (Å²) in [5.74, 6) is 0.697. The third-order valence-electron chi connectivity index (χ3n) is 2.36. The standard InChI is InChI=1S/C11H13ClN2O/c1-15-11-5-7-4-8(2-3-13)14-10(7)6-9(11)12/h4-6,14H,2-3,13H2,1H3. The van der Waals surface area contributed by atoms with Gasteiger partial charge in [0.2, 0.25) is 0 Å². The number of nitrogens with one attached hydrogen (secondary N) is 1. The Hall–Kier alpha value is -1.19. The lowest BCUT2D eigenvalue weighted by Crippen LogP contribution is -2.02. The maximum atomic E-state index is 6.02. The molecule has 4 heteroatoms. The summed E-state index contributed by atoms with van der Waals surface area (Å²) >= 11 is 6.02. The summed E-state index contributed by atoms with van der Waals surface area (Å²) in [6.45, 7) is 0.637. The van der Waals surface area contributed by atoms with Gasteiger partial charge in [0, 0.05) is 16.6 Å². The Labute approximate surface area is 93.2 Å². The van der Waals surface area contributed by atoms with Crippen LogP contribution in [0.5, 0.6) is 5.75 Å². The minimum Gasteiger partial charge on any atom is -0.495 e. The highest BCUT2D eigenvalue weighted by molar-refractivity contribution is 6.32. The molecule has 1 aromatic carbocycles. The van der Waals surface area contributed by atoms with Gasteiger partial charge < -0.3 is 15.5 Å². The average Bonchev–Trinajstić information content (AvgIpc) is 2.58. The molecule has 0 spiro atoms. The summed E-state index contributed by atoms with van der Waals surface area (Å²) < 4.78 is 5.15. The van der Waals surface area contributed by atoms with Crippen LogP contribution in [0.25, 0.3) is 10.9 Å². The Morgan fingerprint density at radius 1 is 1.40 bits per heavy atom. The Morgan fingerprint density at radius 3 is 2.87 bits per heavy atom. The van der Waals surface area contributed by atoms with Crippen LogP contribution in [0, 0.1) is 0 Å². The van der Waals surface area contributed by atoms with E-state index in [1.54, 1.807) is 7.11 Å². The zero-order valence-corrected chi connectivity index (χ0v) is 9.27. The van der Waals surface area contributed by atoms with Gasteiger partial charge in [-0.1, -0.05) is 11.6 Å².